The lowest BCUT2D eigenvalue weighted by molar-refractivity contribution is -0.121. The molecule has 0 saturated carbocycles. The summed E-state index contributed by atoms with van der Waals surface area (Å²) in [6.07, 6.45) is 1.96. The minimum atomic E-state index is -3.86. The molecule has 0 aliphatic carbocycles. The fourth-order valence-corrected chi connectivity index (χ4v) is 6.86. The summed E-state index contributed by atoms with van der Waals surface area (Å²) in [4.78, 5) is 15.4. The molecule has 3 heterocycles. The van der Waals surface area contributed by atoms with Gasteiger partial charge in [0.25, 0.3) is 0 Å². The molecule has 0 bridgehead atoms. The van der Waals surface area contributed by atoms with E-state index < -0.39 is 16.1 Å². The van der Waals surface area contributed by atoms with Gasteiger partial charge in [-0.25, -0.2) is 8.42 Å². The molecule has 2 aliphatic rings. The number of nitrogens with zero attached hydrogens (tertiary/aromatic N) is 4. The molecule has 0 spiro atoms. The summed E-state index contributed by atoms with van der Waals surface area (Å²) in [5.74, 6) is -0.146. The number of rotatable bonds is 3. The maximum atomic E-state index is 13.5. The number of carbonyl (C=O) groups is 1. The number of benzene rings is 2. The largest absolute Gasteiger partial charge is 0.308 e. The number of para-hydroxylation sites is 1. The molecule has 3 aromatic rings. The number of hydrogen-bond acceptors (Lipinski definition) is 6. The lowest BCUT2D eigenvalue weighted by Gasteiger charge is -2.30. The van der Waals surface area contributed by atoms with E-state index in [0.717, 1.165) is 29.4 Å². The summed E-state index contributed by atoms with van der Waals surface area (Å²) in [6, 6.07) is 12.1. The van der Waals surface area contributed by atoms with Crippen LogP contribution in [0.25, 0.3) is 11.0 Å². The Balaban J connectivity index is 1.52. The summed E-state index contributed by atoms with van der Waals surface area (Å²) >= 11 is 0.988. The van der Waals surface area contributed by atoms with E-state index in [1.54, 1.807) is 23.1 Å². The van der Waals surface area contributed by atoms with Crippen LogP contribution in [0.15, 0.2) is 47.4 Å². The first-order valence-electron chi connectivity index (χ1n) is 9.62. The Morgan fingerprint density at radius 3 is 2.83 bits per heavy atom. The van der Waals surface area contributed by atoms with E-state index in [-0.39, 0.29) is 16.8 Å². The average molecular weight is 429 g/mol. The lowest BCUT2D eigenvalue weighted by Crippen LogP contribution is -2.49. The van der Waals surface area contributed by atoms with Crippen LogP contribution >= 0.6 is 11.7 Å². The molecule has 1 aromatic heterocycles. The van der Waals surface area contributed by atoms with Crippen LogP contribution < -0.4 is 4.90 Å². The van der Waals surface area contributed by atoms with Crippen LogP contribution in [0.4, 0.5) is 5.69 Å². The normalized spacial score (nSPS) is 22.3. The van der Waals surface area contributed by atoms with Gasteiger partial charge in [-0.15, -0.1) is 0 Å². The summed E-state index contributed by atoms with van der Waals surface area (Å²) in [5.41, 5.74) is 2.94. The Morgan fingerprint density at radius 2 is 1.97 bits per heavy atom. The van der Waals surface area contributed by atoms with E-state index >= 15 is 0 Å². The Hall–Kier alpha value is -2.36. The fraction of sp³-hybridized carbons (Fsp3) is 0.350. The van der Waals surface area contributed by atoms with Gasteiger partial charge in [-0.05, 0) is 49.9 Å². The van der Waals surface area contributed by atoms with Gasteiger partial charge in [-0.3, -0.25) is 4.79 Å². The van der Waals surface area contributed by atoms with Gasteiger partial charge in [0.15, 0.2) is 0 Å². The second-order valence-corrected chi connectivity index (χ2v) is 9.94. The first-order valence-corrected chi connectivity index (χ1v) is 11.8. The van der Waals surface area contributed by atoms with Gasteiger partial charge in [0, 0.05) is 18.3 Å². The Bertz CT molecular complexity index is 1210. The van der Waals surface area contributed by atoms with Crippen molar-refractivity contribution in [3.63, 3.8) is 0 Å². The monoisotopic (exact) mass is 428 g/mol. The van der Waals surface area contributed by atoms with Crippen LogP contribution in [0.1, 0.15) is 25.3 Å². The van der Waals surface area contributed by atoms with Crippen molar-refractivity contribution in [3.8, 4) is 0 Å². The zero-order valence-electron chi connectivity index (χ0n) is 15.9. The summed E-state index contributed by atoms with van der Waals surface area (Å²) < 4.78 is 36.7. The zero-order chi connectivity index (χ0) is 20.2. The molecule has 1 saturated heterocycles. The van der Waals surface area contributed by atoms with Gasteiger partial charge in [-0.1, -0.05) is 24.3 Å². The molecule has 2 atom stereocenters. The van der Waals surface area contributed by atoms with E-state index in [2.05, 4.69) is 8.75 Å². The molecule has 0 radical (unpaired) electrons. The van der Waals surface area contributed by atoms with Gasteiger partial charge in [0.2, 0.25) is 15.9 Å². The number of hydrogen-bond donors (Lipinski definition) is 0. The van der Waals surface area contributed by atoms with Crippen LogP contribution in [0, 0.1) is 0 Å². The van der Waals surface area contributed by atoms with Crippen LogP contribution in [0.5, 0.6) is 0 Å². The lowest BCUT2D eigenvalue weighted by atomic mass is 10.1. The van der Waals surface area contributed by atoms with E-state index in [1.807, 2.05) is 31.2 Å². The summed E-state index contributed by atoms with van der Waals surface area (Å²) in [5, 5.41) is 0. The summed E-state index contributed by atoms with van der Waals surface area (Å²) in [7, 11) is -3.86. The first kappa shape index (κ1) is 18.7. The SMILES string of the molecule is C[C@@H]1Cc2ccccc2N1C(=O)[C@@H]1CCCN1S(=O)(=O)c1cccc2nsnc12. The van der Waals surface area contributed by atoms with Crippen LogP contribution in [0.2, 0.25) is 0 Å². The van der Waals surface area contributed by atoms with Crippen molar-refractivity contribution in [2.75, 3.05) is 11.4 Å². The molecule has 2 aliphatic heterocycles. The highest BCUT2D eigenvalue weighted by molar-refractivity contribution is 7.89. The first-order chi connectivity index (χ1) is 14.0. The molecule has 0 unspecified atom stereocenters. The highest BCUT2D eigenvalue weighted by Crippen LogP contribution is 2.36. The van der Waals surface area contributed by atoms with Crippen LogP contribution in [0.3, 0.4) is 0 Å². The molecule has 150 valence electrons. The molecule has 2 aromatic carbocycles. The molecule has 1 fully saturated rings. The van der Waals surface area contributed by atoms with Crippen LogP contribution in [-0.2, 0) is 21.2 Å². The second-order valence-electron chi connectivity index (χ2n) is 7.55. The highest BCUT2D eigenvalue weighted by atomic mass is 32.2. The molecular weight excluding hydrogens is 408 g/mol. The van der Waals surface area contributed by atoms with Gasteiger partial charge in [0.1, 0.15) is 22.0 Å². The van der Waals surface area contributed by atoms with Crippen molar-refractivity contribution in [2.45, 2.75) is 43.2 Å². The van der Waals surface area contributed by atoms with Crippen molar-refractivity contribution in [3.05, 3.63) is 48.0 Å². The fourth-order valence-electron chi connectivity index (χ4n) is 4.45. The third-order valence-electron chi connectivity index (χ3n) is 5.77. The topological polar surface area (TPSA) is 83.5 Å². The van der Waals surface area contributed by atoms with E-state index in [1.165, 1.54) is 4.31 Å². The number of aromatic nitrogens is 2. The van der Waals surface area contributed by atoms with Crippen molar-refractivity contribution in [1.82, 2.24) is 13.1 Å². The van der Waals surface area contributed by atoms with E-state index in [0.29, 0.717) is 30.4 Å². The Labute approximate surface area is 173 Å². The maximum absolute atomic E-state index is 13.5. The van der Waals surface area contributed by atoms with Gasteiger partial charge in [0.05, 0.1) is 11.7 Å². The molecule has 7 nitrogen and oxygen atoms in total. The van der Waals surface area contributed by atoms with E-state index in [4.69, 9.17) is 0 Å². The number of amides is 1. The standard InChI is InChI=1S/C20H20N4O3S2/c1-13-12-14-6-2-3-8-16(14)24(13)20(25)17-9-5-11-23(17)29(26,27)18-10-4-7-15-19(18)22-28-21-15/h2-4,6-8,10,13,17H,5,9,11-12H2,1H3/t13-,17+/m1/s1. The highest BCUT2D eigenvalue weighted by Gasteiger charge is 2.44. The molecule has 9 heteroatoms. The quantitative estimate of drug-likeness (QED) is 0.641. The molecule has 1 amide bonds. The number of carbonyl (C=O) groups excluding carboxylic acids is 1. The Kier molecular flexibility index (Phi) is 4.41. The van der Waals surface area contributed by atoms with Crippen LogP contribution in [-0.4, -0.2) is 46.0 Å². The summed E-state index contributed by atoms with van der Waals surface area (Å²) in [6.45, 7) is 2.34. The molecule has 29 heavy (non-hydrogen) atoms. The van der Waals surface area contributed by atoms with Crippen molar-refractivity contribution in [2.24, 2.45) is 0 Å². The predicted molar refractivity (Wildman–Crippen MR) is 111 cm³/mol. The number of anilines is 1. The third kappa shape index (κ3) is 2.87. The van der Waals surface area contributed by atoms with Gasteiger partial charge in [-0.2, -0.15) is 13.1 Å². The minimum absolute atomic E-state index is 0.0104. The van der Waals surface area contributed by atoms with Crippen molar-refractivity contribution < 1.29 is 13.2 Å². The smallest absolute Gasteiger partial charge is 0.246 e. The van der Waals surface area contributed by atoms with Gasteiger partial charge >= 0.3 is 0 Å². The number of sulfonamides is 1. The minimum Gasteiger partial charge on any atom is -0.308 e. The molecular formula is C20H20N4O3S2. The second kappa shape index (κ2) is 6.86. The Morgan fingerprint density at radius 1 is 1.14 bits per heavy atom. The molecule has 5 rings (SSSR count). The predicted octanol–water partition coefficient (Wildman–Crippen LogP) is 2.82. The maximum Gasteiger partial charge on any atom is 0.246 e. The third-order valence-corrected chi connectivity index (χ3v) is 8.25. The average Bonchev–Trinajstić information content (AvgIpc) is 3.44. The number of fused-ring (bicyclic) bond motifs is 2. The molecule has 0 N–H and O–H groups in total. The van der Waals surface area contributed by atoms with Crippen molar-refractivity contribution in [1.29, 1.82) is 0 Å². The van der Waals surface area contributed by atoms with Crippen molar-refractivity contribution >= 4 is 44.4 Å². The zero-order valence-corrected chi connectivity index (χ0v) is 17.5. The van der Waals surface area contributed by atoms with Gasteiger partial charge < -0.3 is 4.90 Å². The van der Waals surface area contributed by atoms with E-state index in [9.17, 15) is 13.2 Å².